The molecule has 5 heterocycles. The Morgan fingerprint density at radius 1 is 1.31 bits per heavy atom. The molecule has 1 aromatic heterocycles. The molecule has 0 aliphatic carbocycles. The van der Waals surface area contributed by atoms with E-state index in [4.69, 9.17) is 9.98 Å². The monoisotopic (exact) mass is 530 g/mol. The second-order valence-electron chi connectivity index (χ2n) is 9.37. The van der Waals surface area contributed by atoms with Gasteiger partial charge in [-0.3, -0.25) is 10.0 Å². The molecule has 0 bridgehead atoms. The van der Waals surface area contributed by atoms with E-state index >= 15 is 0 Å². The number of hydrogen-bond donors (Lipinski definition) is 2. The van der Waals surface area contributed by atoms with Gasteiger partial charge in [-0.25, -0.2) is 13.4 Å². The van der Waals surface area contributed by atoms with E-state index in [9.17, 15) is 8.42 Å². The molecule has 0 radical (unpaired) electrons. The molecular formula is C24H34N8O2S2. The molecule has 0 saturated carbocycles. The fourth-order valence-electron chi connectivity index (χ4n) is 5.02. The van der Waals surface area contributed by atoms with Crippen LogP contribution in [0.3, 0.4) is 0 Å². The maximum absolute atomic E-state index is 13.2. The van der Waals surface area contributed by atoms with Crippen molar-refractivity contribution in [3.8, 4) is 0 Å². The van der Waals surface area contributed by atoms with Gasteiger partial charge < -0.3 is 15.5 Å². The zero-order valence-corrected chi connectivity index (χ0v) is 22.9. The Kier molecular flexibility index (Phi) is 7.03. The smallest absolute Gasteiger partial charge is 0.252 e. The number of amidine groups is 2. The Labute approximate surface area is 217 Å². The molecule has 1 aromatic rings. The lowest BCUT2D eigenvalue weighted by Gasteiger charge is -2.34. The summed E-state index contributed by atoms with van der Waals surface area (Å²) in [7, 11) is -1.56. The molecule has 4 aliphatic rings. The highest BCUT2D eigenvalue weighted by Crippen LogP contribution is 2.35. The second-order valence-corrected chi connectivity index (χ2v) is 12.5. The number of nitrogens with one attached hydrogen (secondary N) is 2. The lowest BCUT2D eigenvalue weighted by Crippen LogP contribution is -2.50. The first kappa shape index (κ1) is 25.1. The van der Waals surface area contributed by atoms with Crippen molar-refractivity contribution in [3.63, 3.8) is 0 Å². The molecule has 2 N–H and O–H groups in total. The van der Waals surface area contributed by atoms with Crippen molar-refractivity contribution in [2.45, 2.75) is 37.4 Å². The van der Waals surface area contributed by atoms with Crippen molar-refractivity contribution in [2.75, 3.05) is 46.3 Å². The standard InChI is InChI=1S/C24H34N8O2S2/c1-5-31(6-2)36(33,34)24-16(3)10-21(35-24)29-22-23-26-13-20(18-12-27-30(4)14-18)32(23)15-19(28-22)17-8-7-9-25-11-17/h8,10,12,15,18,20,25H,5-7,9,11,13-14H2,1-4H3,(H,28,29). The molecule has 36 heavy (non-hydrogen) atoms. The van der Waals surface area contributed by atoms with Gasteiger partial charge in [0.1, 0.15) is 9.21 Å². The number of nitrogens with zero attached hydrogens (tertiary/aromatic N) is 6. The van der Waals surface area contributed by atoms with Crippen LogP contribution in [0.25, 0.3) is 0 Å². The van der Waals surface area contributed by atoms with E-state index in [0.29, 0.717) is 40.2 Å². The Morgan fingerprint density at radius 2 is 2.11 bits per heavy atom. The van der Waals surface area contributed by atoms with Crippen LogP contribution in [0.4, 0.5) is 5.00 Å². The minimum absolute atomic E-state index is 0.164. The largest absolute Gasteiger partial charge is 0.336 e. The minimum Gasteiger partial charge on any atom is -0.336 e. The topological polar surface area (TPSA) is 105 Å². The van der Waals surface area contributed by atoms with Gasteiger partial charge in [-0.1, -0.05) is 19.9 Å². The summed E-state index contributed by atoms with van der Waals surface area (Å²) in [6.07, 6.45) is 7.40. The molecule has 0 spiro atoms. The third-order valence-corrected chi connectivity index (χ3v) is 10.7. The van der Waals surface area contributed by atoms with Crippen LogP contribution in [0, 0.1) is 12.8 Å². The van der Waals surface area contributed by atoms with Crippen molar-refractivity contribution >= 4 is 44.2 Å². The first-order valence-electron chi connectivity index (χ1n) is 12.5. The number of fused-ring (bicyclic) bond motifs is 1. The molecule has 0 saturated heterocycles. The number of rotatable bonds is 7. The van der Waals surface area contributed by atoms with E-state index in [1.165, 1.54) is 21.2 Å². The number of hydrazone groups is 1. The fraction of sp³-hybridized carbons (Fsp3) is 0.542. The average Bonchev–Trinajstić information content (AvgIpc) is 3.58. The van der Waals surface area contributed by atoms with Crippen molar-refractivity contribution in [1.82, 2.24) is 24.8 Å². The van der Waals surface area contributed by atoms with E-state index in [-0.39, 0.29) is 12.0 Å². The Hall–Kier alpha value is -2.54. The summed E-state index contributed by atoms with van der Waals surface area (Å²) in [5, 5.41) is 14.0. The summed E-state index contributed by atoms with van der Waals surface area (Å²) in [4.78, 5) is 12.0. The highest BCUT2D eigenvalue weighted by atomic mass is 32.2. The first-order valence-corrected chi connectivity index (χ1v) is 14.7. The van der Waals surface area contributed by atoms with Crippen molar-refractivity contribution < 1.29 is 8.42 Å². The van der Waals surface area contributed by atoms with Gasteiger partial charge in [-0.05, 0) is 37.1 Å². The van der Waals surface area contributed by atoms with Crippen LogP contribution >= 0.6 is 11.3 Å². The predicted molar refractivity (Wildman–Crippen MR) is 146 cm³/mol. The Bertz CT molecular complexity index is 1270. The molecule has 194 valence electrons. The van der Waals surface area contributed by atoms with Gasteiger partial charge in [0.25, 0.3) is 10.0 Å². The van der Waals surface area contributed by atoms with Crippen LogP contribution < -0.4 is 10.6 Å². The zero-order valence-electron chi connectivity index (χ0n) is 21.2. The molecule has 5 rings (SSSR count). The van der Waals surface area contributed by atoms with Crippen LogP contribution in [0.2, 0.25) is 0 Å². The predicted octanol–water partition coefficient (Wildman–Crippen LogP) is 2.11. The molecule has 2 unspecified atom stereocenters. The average molecular weight is 531 g/mol. The van der Waals surface area contributed by atoms with Crippen molar-refractivity contribution in [1.29, 1.82) is 0 Å². The summed E-state index contributed by atoms with van der Waals surface area (Å²) in [6.45, 7) is 9.69. The minimum atomic E-state index is -3.55. The Morgan fingerprint density at radius 3 is 2.78 bits per heavy atom. The highest BCUT2D eigenvalue weighted by Gasteiger charge is 2.39. The van der Waals surface area contributed by atoms with E-state index in [0.717, 1.165) is 37.6 Å². The van der Waals surface area contributed by atoms with E-state index < -0.39 is 10.0 Å². The summed E-state index contributed by atoms with van der Waals surface area (Å²) >= 11 is 1.21. The maximum Gasteiger partial charge on any atom is 0.252 e. The number of thiophene rings is 1. The van der Waals surface area contributed by atoms with Gasteiger partial charge in [-0.15, -0.1) is 11.3 Å². The number of aliphatic imine (C=N–C) groups is 2. The molecule has 4 aliphatic heterocycles. The number of sulfonamides is 1. The third-order valence-electron chi connectivity index (χ3n) is 6.92. The van der Waals surface area contributed by atoms with Crippen molar-refractivity contribution in [3.05, 3.63) is 35.2 Å². The lowest BCUT2D eigenvalue weighted by molar-refractivity contribution is 0.297. The first-order chi connectivity index (χ1) is 17.3. The van der Waals surface area contributed by atoms with E-state index in [1.807, 2.05) is 45.1 Å². The van der Waals surface area contributed by atoms with Crippen LogP contribution in [0.15, 0.2) is 48.9 Å². The van der Waals surface area contributed by atoms with Crippen LogP contribution in [-0.2, 0) is 10.0 Å². The van der Waals surface area contributed by atoms with Crippen LogP contribution in [-0.4, -0.2) is 92.9 Å². The molecule has 10 nitrogen and oxygen atoms in total. The van der Waals surface area contributed by atoms with Crippen molar-refractivity contribution in [2.24, 2.45) is 21.0 Å². The zero-order chi connectivity index (χ0) is 25.4. The fourth-order valence-corrected chi connectivity index (χ4v) is 8.17. The second kappa shape index (κ2) is 10.1. The summed E-state index contributed by atoms with van der Waals surface area (Å²) in [5.74, 6) is 1.70. The van der Waals surface area contributed by atoms with E-state index in [1.54, 1.807) is 0 Å². The molecule has 12 heteroatoms. The quantitative estimate of drug-likeness (QED) is 0.560. The van der Waals surface area contributed by atoms with Gasteiger partial charge in [-0.2, -0.15) is 9.41 Å². The maximum atomic E-state index is 13.2. The summed E-state index contributed by atoms with van der Waals surface area (Å²) in [5.41, 5.74) is 2.91. The highest BCUT2D eigenvalue weighted by molar-refractivity contribution is 7.91. The van der Waals surface area contributed by atoms with Gasteiger partial charge >= 0.3 is 0 Å². The molecular weight excluding hydrogens is 496 g/mol. The molecule has 0 aromatic carbocycles. The normalized spacial score (nSPS) is 25.2. The summed E-state index contributed by atoms with van der Waals surface area (Å²) < 4.78 is 28.2. The number of aryl methyl sites for hydroxylation is 1. The molecule has 0 amide bonds. The van der Waals surface area contributed by atoms with Gasteiger partial charge in [0.15, 0.2) is 11.7 Å². The molecule has 2 atom stereocenters. The third kappa shape index (κ3) is 4.62. The lowest BCUT2D eigenvalue weighted by atomic mass is 10.00. The molecule has 0 fully saturated rings. The summed E-state index contributed by atoms with van der Waals surface area (Å²) in [6, 6.07) is 2.02. The van der Waals surface area contributed by atoms with E-state index in [2.05, 4.69) is 32.9 Å². The van der Waals surface area contributed by atoms with Gasteiger partial charge in [0.05, 0.1) is 18.3 Å². The number of hydrogen-bond acceptors (Lipinski definition) is 9. The SMILES string of the molecule is CCN(CC)S(=O)(=O)c1sc(N=C2NC(C3=CCCNC3)=CN3C2=NCC3C2C=NN(C)C2)cc1C. The van der Waals surface area contributed by atoms with Crippen LogP contribution in [0.1, 0.15) is 25.8 Å². The van der Waals surface area contributed by atoms with Crippen LogP contribution in [0.5, 0.6) is 0 Å². The Balaban J connectivity index is 1.50. The van der Waals surface area contributed by atoms with Gasteiger partial charge in [0.2, 0.25) is 0 Å². The van der Waals surface area contributed by atoms with Gasteiger partial charge in [0, 0.05) is 51.6 Å².